The van der Waals surface area contributed by atoms with Crippen LogP contribution in [0.1, 0.15) is 75.3 Å². The zero-order valence-electron chi connectivity index (χ0n) is 21.1. The van der Waals surface area contributed by atoms with E-state index in [0.717, 1.165) is 11.8 Å². The van der Waals surface area contributed by atoms with Gasteiger partial charge >= 0.3 is 28.4 Å². The first-order valence-corrected chi connectivity index (χ1v) is 15.1. The van der Waals surface area contributed by atoms with E-state index in [9.17, 15) is 0 Å². The number of fused-ring (bicyclic) bond motifs is 6. The first-order chi connectivity index (χ1) is 16.7. The van der Waals surface area contributed by atoms with Crippen LogP contribution in [-0.2, 0) is 35.1 Å². The summed E-state index contributed by atoms with van der Waals surface area (Å²) in [6.45, 7) is 0. The molecule has 4 aliphatic carbocycles. The number of rotatable bonds is 2. The predicted molar refractivity (Wildman–Crippen MR) is 143 cm³/mol. The third-order valence-electron chi connectivity index (χ3n) is 9.99. The van der Waals surface area contributed by atoms with Crippen molar-refractivity contribution in [2.45, 2.75) is 75.0 Å². The molecule has 0 saturated heterocycles. The van der Waals surface area contributed by atoms with Crippen molar-refractivity contribution in [1.82, 2.24) is 0 Å². The molecule has 3 heteroatoms. The Morgan fingerprint density at radius 1 is 0.611 bits per heavy atom. The summed E-state index contributed by atoms with van der Waals surface area (Å²) < 4.78 is 3.34. The van der Waals surface area contributed by atoms with E-state index in [4.69, 9.17) is 0 Å². The molecule has 4 aromatic carbocycles. The van der Waals surface area contributed by atoms with Crippen LogP contribution >= 0.6 is 0 Å². The summed E-state index contributed by atoms with van der Waals surface area (Å²) in [5.41, 5.74) is 4.44. The second kappa shape index (κ2) is 11.4. The van der Waals surface area contributed by atoms with Gasteiger partial charge in [-0.3, -0.25) is 0 Å². The van der Waals surface area contributed by atoms with E-state index in [-0.39, 0.29) is 24.8 Å². The van der Waals surface area contributed by atoms with Crippen LogP contribution in [0.4, 0.5) is 0 Å². The molecule has 0 heterocycles. The minimum Gasteiger partial charge on any atom is -1.00 e. The summed E-state index contributed by atoms with van der Waals surface area (Å²) in [6, 6.07) is 27.2. The second-order valence-electron chi connectivity index (χ2n) is 11.5. The van der Waals surface area contributed by atoms with Gasteiger partial charge in [-0.25, -0.2) is 0 Å². The van der Waals surface area contributed by atoms with Gasteiger partial charge < -0.3 is 24.8 Å². The number of hydrogen-bond acceptors (Lipinski definition) is 0. The van der Waals surface area contributed by atoms with Crippen molar-refractivity contribution in [1.29, 1.82) is 0 Å². The van der Waals surface area contributed by atoms with Gasteiger partial charge in [-0.1, -0.05) is 63.5 Å². The van der Waals surface area contributed by atoms with Gasteiger partial charge in [-0.05, 0) is 35.5 Å². The van der Waals surface area contributed by atoms with Crippen molar-refractivity contribution in [3.63, 3.8) is 0 Å². The Balaban J connectivity index is 0.000000150. The third-order valence-corrected chi connectivity index (χ3v) is 9.99. The first kappa shape index (κ1) is 28.0. The van der Waals surface area contributed by atoms with E-state index in [1.165, 1.54) is 110 Å². The van der Waals surface area contributed by atoms with Gasteiger partial charge in [-0.15, -0.1) is 93.3 Å². The van der Waals surface area contributed by atoms with Gasteiger partial charge in [-0.2, -0.15) is 0 Å². The fraction of sp³-hybridized carbons (Fsp3) is 0.424. The molecule has 4 saturated carbocycles. The molecule has 188 valence electrons. The minimum atomic E-state index is 0. The molecular formula is C33H36Cl2Zr-2. The molecular weight excluding hydrogens is 558 g/mol. The molecule has 0 unspecified atom stereocenters. The smallest absolute Gasteiger partial charge is 0.0414 e. The average Bonchev–Trinajstić information content (AvgIpc) is 3.74. The maximum Gasteiger partial charge on any atom is -0.0414 e. The number of hydrogen-bond donors (Lipinski definition) is 0. The Hall–Kier alpha value is -1.01. The first-order valence-electron chi connectivity index (χ1n) is 13.4. The van der Waals surface area contributed by atoms with Crippen LogP contribution in [0, 0.1) is 11.8 Å². The molecule has 4 aromatic rings. The van der Waals surface area contributed by atoms with E-state index >= 15 is 0 Å². The Morgan fingerprint density at radius 3 is 1.31 bits per heavy atom. The fourth-order valence-electron chi connectivity index (χ4n) is 8.37. The zero-order chi connectivity index (χ0) is 23.2. The second-order valence-corrected chi connectivity index (χ2v) is 11.5. The standard InChI is InChI=1S/2C16H17.CH2.2ClH.Zr/c2*1-2-4-14-13(3-1)5-6-15(14)16-9-7-12(11-16)8-10-16;;;;/h2*1-6,12H,7-11H2;1H2;2*1H;/q2*-1;;;;+2/p-2. The van der Waals surface area contributed by atoms with E-state index in [1.807, 2.05) is 0 Å². The Bertz CT molecular complexity index is 1180. The zero-order valence-corrected chi connectivity index (χ0v) is 25.1. The number of benzene rings is 2. The van der Waals surface area contributed by atoms with Gasteiger partial charge in [0.15, 0.2) is 0 Å². The SMILES string of the molecule is [CH2]=[Zr+2].[Cl-].[Cl-].c1ccc2c(C34CCC(CC3)C4)c[cH-]c2c1.c1ccc2c(C34CCC(CC3)C4)c[cH-]c2c1. The minimum absolute atomic E-state index is 0. The van der Waals surface area contributed by atoms with Crippen molar-refractivity contribution in [3.05, 3.63) is 83.9 Å². The van der Waals surface area contributed by atoms with Crippen LogP contribution in [-0.4, -0.2) is 4.21 Å². The Labute approximate surface area is 244 Å². The fourth-order valence-corrected chi connectivity index (χ4v) is 8.37. The maximum atomic E-state index is 3.34. The molecule has 0 amide bonds. The largest absolute Gasteiger partial charge is 1.00 e. The van der Waals surface area contributed by atoms with Crippen molar-refractivity contribution in [2.24, 2.45) is 11.8 Å². The van der Waals surface area contributed by atoms with Crippen LogP contribution in [0.3, 0.4) is 0 Å². The van der Waals surface area contributed by atoms with Crippen LogP contribution in [0.5, 0.6) is 0 Å². The summed E-state index contributed by atoms with van der Waals surface area (Å²) in [7, 11) is 0. The molecule has 0 aliphatic heterocycles. The molecule has 36 heavy (non-hydrogen) atoms. The maximum absolute atomic E-state index is 3.34. The van der Waals surface area contributed by atoms with Crippen LogP contribution in [0.25, 0.3) is 21.5 Å². The molecule has 0 N–H and O–H groups in total. The average molecular weight is 595 g/mol. The van der Waals surface area contributed by atoms with Crippen molar-refractivity contribution >= 4 is 25.8 Å². The Morgan fingerprint density at radius 2 is 0.972 bits per heavy atom. The predicted octanol–water partition coefficient (Wildman–Crippen LogP) is 2.75. The summed E-state index contributed by atoms with van der Waals surface area (Å²) in [5.74, 6) is 2.07. The Kier molecular flexibility index (Phi) is 8.86. The normalized spacial score (nSPS) is 29.2. The molecule has 0 nitrogen and oxygen atoms in total. The van der Waals surface area contributed by atoms with Gasteiger partial charge in [0.2, 0.25) is 0 Å². The van der Waals surface area contributed by atoms with E-state index in [0.29, 0.717) is 10.8 Å². The molecule has 0 spiro atoms. The molecule has 0 radical (unpaired) electrons. The number of halogens is 2. The molecule has 0 aromatic heterocycles. The molecule has 4 aliphatic rings. The molecule has 4 bridgehead atoms. The monoisotopic (exact) mass is 592 g/mol. The van der Waals surface area contributed by atoms with Crippen LogP contribution in [0.15, 0.2) is 72.8 Å². The third kappa shape index (κ3) is 4.67. The van der Waals surface area contributed by atoms with Crippen molar-refractivity contribution < 1.29 is 49.0 Å². The van der Waals surface area contributed by atoms with E-state index in [1.54, 1.807) is 11.1 Å². The quantitative estimate of drug-likeness (QED) is 0.314. The molecule has 8 rings (SSSR count). The van der Waals surface area contributed by atoms with E-state index in [2.05, 4.69) is 77.0 Å². The summed E-state index contributed by atoms with van der Waals surface area (Å²) in [4.78, 5) is 0. The van der Waals surface area contributed by atoms with E-state index < -0.39 is 0 Å². The molecule has 4 fully saturated rings. The van der Waals surface area contributed by atoms with Gasteiger partial charge in [0.1, 0.15) is 0 Å². The molecule has 0 atom stereocenters. The van der Waals surface area contributed by atoms with Crippen molar-refractivity contribution in [3.8, 4) is 0 Å². The summed E-state index contributed by atoms with van der Waals surface area (Å²) in [5, 5.41) is 5.90. The van der Waals surface area contributed by atoms with Gasteiger partial charge in [0.25, 0.3) is 0 Å². The van der Waals surface area contributed by atoms with Gasteiger partial charge in [0, 0.05) is 0 Å². The van der Waals surface area contributed by atoms with Crippen molar-refractivity contribution in [2.75, 3.05) is 0 Å². The topological polar surface area (TPSA) is 0 Å². The summed E-state index contributed by atoms with van der Waals surface area (Å²) >= 11 is 1.30. The van der Waals surface area contributed by atoms with Crippen LogP contribution in [0.2, 0.25) is 0 Å². The summed E-state index contributed by atoms with van der Waals surface area (Å²) in [6.07, 6.45) is 14.6. The van der Waals surface area contributed by atoms with Crippen LogP contribution < -0.4 is 24.8 Å². The van der Waals surface area contributed by atoms with Gasteiger partial charge in [0.05, 0.1) is 0 Å².